The third-order valence-corrected chi connectivity index (χ3v) is 3.59. The summed E-state index contributed by atoms with van der Waals surface area (Å²) in [6.07, 6.45) is 2.42. The highest BCUT2D eigenvalue weighted by molar-refractivity contribution is 5.48. The molecule has 5 heteroatoms. The molecule has 0 atom stereocenters. The van der Waals surface area contributed by atoms with Crippen LogP contribution in [-0.4, -0.2) is 16.9 Å². The Kier molecular flexibility index (Phi) is 5.20. The number of nitrogens with one attached hydrogen (secondary N) is 1. The Morgan fingerprint density at radius 1 is 1.27 bits per heavy atom. The van der Waals surface area contributed by atoms with Crippen LogP contribution in [0.5, 0.6) is 5.75 Å². The van der Waals surface area contributed by atoms with Gasteiger partial charge in [0.15, 0.2) is 0 Å². The highest BCUT2D eigenvalue weighted by atomic mass is 16.5. The van der Waals surface area contributed by atoms with Gasteiger partial charge in [-0.3, -0.25) is 4.79 Å². The van der Waals surface area contributed by atoms with Crippen LogP contribution in [0.1, 0.15) is 37.9 Å². The van der Waals surface area contributed by atoms with Crippen molar-refractivity contribution >= 4 is 5.69 Å². The van der Waals surface area contributed by atoms with Crippen LogP contribution in [0.15, 0.2) is 35.3 Å². The summed E-state index contributed by atoms with van der Waals surface area (Å²) in [5.41, 5.74) is 2.69. The molecule has 1 N–H and O–H groups in total. The predicted octanol–water partition coefficient (Wildman–Crippen LogP) is 3.01. The number of benzene rings is 1. The fourth-order valence-corrected chi connectivity index (χ4v) is 2.31. The zero-order chi connectivity index (χ0) is 16.1. The van der Waals surface area contributed by atoms with Crippen molar-refractivity contribution in [3.8, 4) is 5.75 Å². The van der Waals surface area contributed by atoms with Gasteiger partial charge in [0, 0.05) is 12.1 Å². The van der Waals surface area contributed by atoms with E-state index in [1.807, 2.05) is 45.0 Å². The van der Waals surface area contributed by atoms with E-state index in [4.69, 9.17) is 4.74 Å². The van der Waals surface area contributed by atoms with Crippen LogP contribution in [0, 0.1) is 0 Å². The molecular weight excluding hydrogens is 278 g/mol. The Morgan fingerprint density at radius 3 is 2.50 bits per heavy atom. The van der Waals surface area contributed by atoms with Crippen LogP contribution in [0.4, 0.5) is 5.69 Å². The molecule has 1 aromatic heterocycles. The van der Waals surface area contributed by atoms with Crippen LogP contribution in [0.2, 0.25) is 0 Å². The second kappa shape index (κ2) is 7.11. The molecule has 0 fully saturated rings. The summed E-state index contributed by atoms with van der Waals surface area (Å²) >= 11 is 0. The SMILES string of the molecule is CCc1c(NCc2ccc(OC)cc2)cnn(C(C)C)c1=O. The van der Waals surface area contributed by atoms with Gasteiger partial charge in [-0.25, -0.2) is 4.68 Å². The monoisotopic (exact) mass is 301 g/mol. The Bertz CT molecular complexity index is 675. The summed E-state index contributed by atoms with van der Waals surface area (Å²) in [7, 11) is 1.65. The second-order valence-electron chi connectivity index (χ2n) is 5.44. The van der Waals surface area contributed by atoms with Crippen molar-refractivity contribution in [2.75, 3.05) is 12.4 Å². The summed E-state index contributed by atoms with van der Waals surface area (Å²) in [6.45, 7) is 6.54. The number of ether oxygens (including phenoxy) is 1. The minimum Gasteiger partial charge on any atom is -0.497 e. The normalized spacial score (nSPS) is 10.8. The highest BCUT2D eigenvalue weighted by Crippen LogP contribution is 2.15. The average molecular weight is 301 g/mol. The molecule has 0 radical (unpaired) electrons. The molecule has 0 aliphatic heterocycles. The number of anilines is 1. The summed E-state index contributed by atoms with van der Waals surface area (Å²) in [5.74, 6) is 0.833. The van der Waals surface area contributed by atoms with Gasteiger partial charge in [0.05, 0.1) is 25.0 Å². The van der Waals surface area contributed by atoms with Crippen LogP contribution < -0.4 is 15.6 Å². The van der Waals surface area contributed by atoms with E-state index in [0.29, 0.717) is 13.0 Å². The molecule has 1 heterocycles. The quantitative estimate of drug-likeness (QED) is 0.891. The van der Waals surface area contributed by atoms with E-state index in [0.717, 1.165) is 22.6 Å². The largest absolute Gasteiger partial charge is 0.497 e. The summed E-state index contributed by atoms with van der Waals surface area (Å²) in [4.78, 5) is 12.4. The molecule has 22 heavy (non-hydrogen) atoms. The van der Waals surface area contributed by atoms with E-state index in [2.05, 4.69) is 10.4 Å². The van der Waals surface area contributed by atoms with E-state index in [1.54, 1.807) is 13.3 Å². The van der Waals surface area contributed by atoms with E-state index in [9.17, 15) is 4.79 Å². The number of aromatic nitrogens is 2. The van der Waals surface area contributed by atoms with Gasteiger partial charge in [0.2, 0.25) is 0 Å². The third-order valence-electron chi connectivity index (χ3n) is 3.59. The minimum atomic E-state index is -0.0165. The van der Waals surface area contributed by atoms with Gasteiger partial charge in [0.25, 0.3) is 5.56 Å². The lowest BCUT2D eigenvalue weighted by atomic mass is 10.1. The first-order valence-corrected chi connectivity index (χ1v) is 7.54. The zero-order valence-electron chi connectivity index (χ0n) is 13.6. The molecule has 0 aliphatic rings. The standard InChI is InChI=1S/C17H23N3O2/c1-5-15-16(11-19-20(12(2)3)17(15)21)18-10-13-6-8-14(22-4)9-7-13/h6-9,11-12,18H,5,10H2,1-4H3. The van der Waals surface area contributed by atoms with Gasteiger partial charge >= 0.3 is 0 Å². The van der Waals surface area contributed by atoms with Gasteiger partial charge in [0.1, 0.15) is 5.75 Å². The minimum absolute atomic E-state index is 0.0165. The number of methoxy groups -OCH3 is 1. The van der Waals surface area contributed by atoms with E-state index in [-0.39, 0.29) is 11.6 Å². The lowest BCUT2D eigenvalue weighted by Gasteiger charge is -2.14. The van der Waals surface area contributed by atoms with Crippen molar-refractivity contribution in [2.45, 2.75) is 39.8 Å². The molecule has 0 saturated carbocycles. The molecular formula is C17H23N3O2. The molecule has 1 aromatic carbocycles. The molecule has 0 spiro atoms. The maximum absolute atomic E-state index is 12.4. The lowest BCUT2D eigenvalue weighted by molar-refractivity contribution is 0.414. The average Bonchev–Trinajstić information content (AvgIpc) is 2.53. The summed E-state index contributed by atoms with van der Waals surface area (Å²) in [6, 6.07) is 7.91. The second-order valence-corrected chi connectivity index (χ2v) is 5.44. The van der Waals surface area contributed by atoms with Crippen molar-refractivity contribution in [2.24, 2.45) is 0 Å². The topological polar surface area (TPSA) is 56.1 Å². The number of nitrogens with zero attached hydrogens (tertiary/aromatic N) is 2. The Hall–Kier alpha value is -2.30. The van der Waals surface area contributed by atoms with Crippen LogP contribution in [0.25, 0.3) is 0 Å². The zero-order valence-corrected chi connectivity index (χ0v) is 13.6. The van der Waals surface area contributed by atoms with Crippen LogP contribution >= 0.6 is 0 Å². The van der Waals surface area contributed by atoms with Crippen LogP contribution in [0.3, 0.4) is 0 Å². The maximum atomic E-state index is 12.4. The van der Waals surface area contributed by atoms with Crippen molar-refractivity contribution in [3.05, 3.63) is 51.9 Å². The smallest absolute Gasteiger partial charge is 0.272 e. The first kappa shape index (κ1) is 16.1. The summed E-state index contributed by atoms with van der Waals surface area (Å²) in [5, 5.41) is 7.56. The van der Waals surface area contributed by atoms with Crippen molar-refractivity contribution < 1.29 is 4.74 Å². The molecule has 0 aliphatic carbocycles. The van der Waals surface area contributed by atoms with Crippen LogP contribution in [-0.2, 0) is 13.0 Å². The molecule has 0 bridgehead atoms. The molecule has 0 amide bonds. The summed E-state index contributed by atoms with van der Waals surface area (Å²) < 4.78 is 6.67. The number of rotatable bonds is 6. The Morgan fingerprint density at radius 2 is 1.95 bits per heavy atom. The first-order valence-electron chi connectivity index (χ1n) is 7.54. The van der Waals surface area contributed by atoms with Gasteiger partial charge in [-0.15, -0.1) is 0 Å². The van der Waals surface area contributed by atoms with Crippen molar-refractivity contribution in [1.29, 1.82) is 0 Å². The number of hydrogen-bond donors (Lipinski definition) is 1. The van der Waals surface area contributed by atoms with Gasteiger partial charge in [-0.1, -0.05) is 19.1 Å². The lowest BCUT2D eigenvalue weighted by Crippen LogP contribution is -2.28. The van der Waals surface area contributed by atoms with Crippen molar-refractivity contribution in [1.82, 2.24) is 9.78 Å². The van der Waals surface area contributed by atoms with E-state index < -0.39 is 0 Å². The molecule has 0 saturated heterocycles. The van der Waals surface area contributed by atoms with E-state index in [1.165, 1.54) is 4.68 Å². The first-order chi connectivity index (χ1) is 10.6. The van der Waals surface area contributed by atoms with E-state index >= 15 is 0 Å². The van der Waals surface area contributed by atoms with Gasteiger partial charge < -0.3 is 10.1 Å². The molecule has 0 unspecified atom stereocenters. The fourth-order valence-electron chi connectivity index (χ4n) is 2.31. The fraction of sp³-hybridized carbons (Fsp3) is 0.412. The third kappa shape index (κ3) is 3.47. The Labute approximate surface area is 130 Å². The maximum Gasteiger partial charge on any atom is 0.272 e. The highest BCUT2D eigenvalue weighted by Gasteiger charge is 2.11. The predicted molar refractivity (Wildman–Crippen MR) is 88.6 cm³/mol. The molecule has 2 aromatic rings. The Balaban J connectivity index is 2.18. The number of hydrogen-bond acceptors (Lipinski definition) is 4. The molecule has 2 rings (SSSR count). The van der Waals surface area contributed by atoms with Crippen molar-refractivity contribution in [3.63, 3.8) is 0 Å². The van der Waals surface area contributed by atoms with Gasteiger partial charge in [-0.05, 0) is 38.0 Å². The van der Waals surface area contributed by atoms with Gasteiger partial charge in [-0.2, -0.15) is 5.10 Å². The molecule has 5 nitrogen and oxygen atoms in total. The molecule has 118 valence electrons.